The highest BCUT2D eigenvalue weighted by Gasteiger charge is 1.91. The van der Waals surface area contributed by atoms with E-state index in [1.54, 1.807) is 0 Å². The summed E-state index contributed by atoms with van der Waals surface area (Å²) in [6.07, 6.45) is 0. The van der Waals surface area contributed by atoms with Crippen LogP contribution in [0.15, 0.2) is 24.3 Å². The third kappa shape index (κ3) is 2.44. The van der Waals surface area contributed by atoms with Gasteiger partial charge in [0.2, 0.25) is 0 Å². The Bertz CT molecular complexity index is 210. The van der Waals surface area contributed by atoms with Crippen molar-refractivity contribution < 1.29 is 4.18 Å². The second-order valence-corrected chi connectivity index (χ2v) is 2.45. The summed E-state index contributed by atoms with van der Waals surface area (Å²) in [4.78, 5) is 0. The monoisotopic (exact) mass is 169 g/mol. The molecule has 0 aliphatic carbocycles. The predicted molar refractivity (Wildman–Crippen MR) is 48.8 cm³/mol. The Morgan fingerprint density at radius 1 is 1.36 bits per heavy atom. The Balaban J connectivity index is 2.66. The molecule has 0 atom stereocenters. The van der Waals surface area contributed by atoms with Gasteiger partial charge in [-0.05, 0) is 24.7 Å². The van der Waals surface area contributed by atoms with Crippen LogP contribution in [-0.2, 0) is 6.54 Å². The molecule has 0 saturated carbocycles. The van der Waals surface area contributed by atoms with Gasteiger partial charge in [0.15, 0.2) is 0 Å². The topological polar surface area (TPSA) is 21.3 Å². The molecule has 3 heteroatoms. The smallest absolute Gasteiger partial charge is 0.137 e. The van der Waals surface area contributed by atoms with Gasteiger partial charge in [-0.15, -0.1) is 0 Å². The average Bonchev–Trinajstić information content (AvgIpc) is 2.07. The molecule has 1 N–H and O–H groups in total. The fourth-order valence-electron chi connectivity index (χ4n) is 0.872. The van der Waals surface area contributed by atoms with E-state index in [0.717, 1.165) is 12.3 Å². The van der Waals surface area contributed by atoms with E-state index < -0.39 is 0 Å². The van der Waals surface area contributed by atoms with Crippen molar-refractivity contribution in [2.24, 2.45) is 0 Å². The molecule has 0 heterocycles. The van der Waals surface area contributed by atoms with E-state index in [9.17, 15) is 0 Å². The van der Waals surface area contributed by atoms with Crippen molar-refractivity contribution in [2.75, 3.05) is 7.05 Å². The number of hydrogen-bond acceptors (Lipinski definition) is 3. The third-order valence-corrected chi connectivity index (χ3v) is 1.62. The van der Waals surface area contributed by atoms with E-state index in [2.05, 4.69) is 18.2 Å². The van der Waals surface area contributed by atoms with E-state index in [0.29, 0.717) is 0 Å². The summed E-state index contributed by atoms with van der Waals surface area (Å²) in [6, 6.07) is 7.78. The second kappa shape index (κ2) is 4.26. The van der Waals surface area contributed by atoms with Crippen LogP contribution in [0.2, 0.25) is 0 Å². The van der Waals surface area contributed by atoms with Gasteiger partial charge >= 0.3 is 0 Å². The first-order valence-electron chi connectivity index (χ1n) is 3.42. The highest BCUT2D eigenvalue weighted by atomic mass is 32.1. The fraction of sp³-hybridized carbons (Fsp3) is 0.250. The molecule has 0 aliphatic rings. The zero-order chi connectivity index (χ0) is 8.10. The van der Waals surface area contributed by atoms with Crippen molar-refractivity contribution >= 4 is 12.9 Å². The molecule has 0 fully saturated rings. The summed E-state index contributed by atoms with van der Waals surface area (Å²) in [5, 5.41) is 3.06. The van der Waals surface area contributed by atoms with Crippen molar-refractivity contribution in [1.29, 1.82) is 0 Å². The van der Waals surface area contributed by atoms with Crippen molar-refractivity contribution in [2.45, 2.75) is 6.54 Å². The predicted octanol–water partition coefficient (Wildman–Crippen LogP) is 1.63. The lowest BCUT2D eigenvalue weighted by Crippen LogP contribution is -2.04. The number of benzene rings is 1. The molecule has 0 aliphatic heterocycles. The van der Waals surface area contributed by atoms with Crippen LogP contribution >= 0.6 is 12.9 Å². The van der Waals surface area contributed by atoms with Crippen LogP contribution in [-0.4, -0.2) is 7.05 Å². The molecule has 0 unspecified atom stereocenters. The molecule has 1 aromatic rings. The minimum atomic E-state index is 0.771. The molecule has 1 rings (SSSR count). The number of hydrogen-bond donors (Lipinski definition) is 2. The van der Waals surface area contributed by atoms with Crippen LogP contribution in [0.3, 0.4) is 0 Å². The summed E-state index contributed by atoms with van der Waals surface area (Å²) in [5.74, 6) is 0.771. The number of nitrogens with one attached hydrogen (secondary N) is 1. The third-order valence-electron chi connectivity index (χ3n) is 1.41. The minimum absolute atomic E-state index is 0.771. The summed E-state index contributed by atoms with van der Waals surface area (Å²) in [5.41, 5.74) is 1.24. The first kappa shape index (κ1) is 8.43. The molecule has 0 saturated heterocycles. The zero-order valence-corrected chi connectivity index (χ0v) is 7.27. The minimum Gasteiger partial charge on any atom is -0.429 e. The molecule has 0 radical (unpaired) electrons. The van der Waals surface area contributed by atoms with Crippen LogP contribution in [0.4, 0.5) is 0 Å². The maximum absolute atomic E-state index is 4.72. The molecule has 0 spiro atoms. The molecule has 2 nitrogen and oxygen atoms in total. The first-order valence-corrected chi connectivity index (χ1v) is 3.78. The Morgan fingerprint density at radius 3 is 2.45 bits per heavy atom. The highest BCUT2D eigenvalue weighted by molar-refractivity contribution is 7.75. The maximum atomic E-state index is 4.72. The number of rotatable bonds is 3. The fourth-order valence-corrected chi connectivity index (χ4v) is 0.994. The van der Waals surface area contributed by atoms with Gasteiger partial charge in [-0.1, -0.05) is 12.1 Å². The van der Waals surface area contributed by atoms with Crippen molar-refractivity contribution in [3.8, 4) is 5.75 Å². The van der Waals surface area contributed by atoms with Crippen molar-refractivity contribution in [3.63, 3.8) is 0 Å². The molecule has 0 amide bonds. The van der Waals surface area contributed by atoms with Gasteiger partial charge in [0.25, 0.3) is 0 Å². The summed E-state index contributed by atoms with van der Waals surface area (Å²) in [6.45, 7) is 0.882. The Labute approximate surface area is 72.2 Å². The van der Waals surface area contributed by atoms with Crippen LogP contribution < -0.4 is 9.50 Å². The van der Waals surface area contributed by atoms with E-state index in [-0.39, 0.29) is 0 Å². The van der Waals surface area contributed by atoms with Gasteiger partial charge in [0, 0.05) is 19.5 Å². The van der Waals surface area contributed by atoms with Gasteiger partial charge in [-0.2, -0.15) is 0 Å². The van der Waals surface area contributed by atoms with Crippen LogP contribution in [0.1, 0.15) is 5.56 Å². The largest absolute Gasteiger partial charge is 0.429 e. The molecule has 0 aromatic heterocycles. The molecule has 60 valence electrons. The molecule has 0 bridgehead atoms. The SMILES string of the molecule is CNCc1ccc(OS)cc1. The van der Waals surface area contributed by atoms with Crippen LogP contribution in [0, 0.1) is 0 Å². The lowest BCUT2D eigenvalue weighted by molar-refractivity contribution is 0.658. The summed E-state index contributed by atoms with van der Waals surface area (Å²) >= 11 is 3.68. The van der Waals surface area contributed by atoms with Crippen molar-refractivity contribution in [3.05, 3.63) is 29.8 Å². The van der Waals surface area contributed by atoms with Crippen LogP contribution in [0.25, 0.3) is 0 Å². The quantitative estimate of drug-likeness (QED) is 0.530. The maximum Gasteiger partial charge on any atom is 0.137 e. The molecule has 11 heavy (non-hydrogen) atoms. The first-order chi connectivity index (χ1) is 5.36. The summed E-state index contributed by atoms with van der Waals surface area (Å²) < 4.78 is 4.72. The van der Waals surface area contributed by atoms with E-state index in [4.69, 9.17) is 4.18 Å². The summed E-state index contributed by atoms with van der Waals surface area (Å²) in [7, 11) is 1.92. The second-order valence-electron chi connectivity index (χ2n) is 2.27. The Hall–Kier alpha value is -0.670. The van der Waals surface area contributed by atoms with E-state index >= 15 is 0 Å². The van der Waals surface area contributed by atoms with E-state index in [1.165, 1.54) is 5.56 Å². The normalized spacial score (nSPS) is 9.64. The van der Waals surface area contributed by atoms with Gasteiger partial charge in [-0.3, -0.25) is 0 Å². The molecular weight excluding hydrogens is 158 g/mol. The molecular formula is C8H11NOS. The van der Waals surface area contributed by atoms with Gasteiger partial charge in [0.05, 0.1) is 0 Å². The average molecular weight is 169 g/mol. The van der Waals surface area contributed by atoms with E-state index in [1.807, 2.05) is 31.3 Å². The number of thiol groups is 1. The van der Waals surface area contributed by atoms with Gasteiger partial charge in [0.1, 0.15) is 5.75 Å². The van der Waals surface area contributed by atoms with Crippen LogP contribution in [0.5, 0.6) is 5.75 Å². The highest BCUT2D eigenvalue weighted by Crippen LogP contribution is 2.12. The lowest BCUT2D eigenvalue weighted by Gasteiger charge is -2.00. The van der Waals surface area contributed by atoms with Gasteiger partial charge < -0.3 is 9.50 Å². The Kier molecular flexibility index (Phi) is 3.26. The zero-order valence-electron chi connectivity index (χ0n) is 6.37. The van der Waals surface area contributed by atoms with Crippen molar-refractivity contribution in [1.82, 2.24) is 5.32 Å². The van der Waals surface area contributed by atoms with Gasteiger partial charge in [-0.25, -0.2) is 0 Å². The molecule has 1 aromatic carbocycles. The standard InChI is InChI=1S/C8H11NOS/c1-9-6-7-2-4-8(10-11)5-3-7/h2-5,9,11H,6H2,1H3. The Morgan fingerprint density at radius 2 is 2.00 bits per heavy atom. The lowest BCUT2D eigenvalue weighted by atomic mass is 10.2.